The van der Waals surface area contributed by atoms with Crippen LogP contribution in [0.3, 0.4) is 0 Å². The van der Waals surface area contributed by atoms with Crippen LogP contribution in [0, 0.1) is 17.8 Å². The molecule has 0 unspecified atom stereocenters. The van der Waals surface area contributed by atoms with Crippen molar-refractivity contribution >= 4 is 14.0 Å². The predicted octanol–water partition coefficient (Wildman–Crippen LogP) is 7.04. The Kier molecular flexibility index (Phi) is 7.85. The van der Waals surface area contributed by atoms with Gasteiger partial charge in [-0.25, -0.2) is 0 Å². The lowest BCUT2D eigenvalue weighted by Gasteiger charge is -2.38. The molecule has 0 atom stereocenters. The number of rotatable bonds is 7. The minimum atomic E-state index is -0.637. The smallest absolute Gasteiger partial charge is 0.0647 e. The summed E-state index contributed by atoms with van der Waals surface area (Å²) >= 11 is 0. The van der Waals surface area contributed by atoms with Gasteiger partial charge in [0.15, 0.2) is 0 Å². The molecule has 0 saturated heterocycles. The lowest BCUT2D eigenvalue weighted by atomic mass is 9.68. The van der Waals surface area contributed by atoms with E-state index in [1.54, 1.807) is 23.6 Å². The first kappa shape index (κ1) is 20.2. The van der Waals surface area contributed by atoms with E-state index in [1.807, 2.05) is 0 Å². The van der Waals surface area contributed by atoms with Gasteiger partial charge in [-0.1, -0.05) is 88.0 Å². The summed E-state index contributed by atoms with van der Waals surface area (Å²) in [5, 5.41) is 1.62. The van der Waals surface area contributed by atoms with E-state index in [2.05, 4.69) is 44.3 Å². The third-order valence-corrected chi connectivity index (χ3v) is 9.34. The second-order valence-corrected chi connectivity index (χ2v) is 12.7. The normalized spacial score (nSPS) is 29.8. The molecule has 0 radical (unpaired) electrons. The summed E-state index contributed by atoms with van der Waals surface area (Å²) in [5.74, 6) is 4.02. The molecule has 2 saturated carbocycles. The van der Waals surface area contributed by atoms with Crippen LogP contribution in [0.15, 0.2) is 24.3 Å². The van der Waals surface area contributed by atoms with Crippen molar-refractivity contribution in [2.24, 2.45) is 17.8 Å². The molecule has 0 aliphatic heterocycles. The van der Waals surface area contributed by atoms with Crippen LogP contribution in [-0.4, -0.2) is 8.80 Å². The molecular weight excluding hydrogens is 328 g/mol. The first-order chi connectivity index (χ1) is 12.7. The number of unbranched alkanes of at least 4 members (excludes halogenated alkanes) is 2. The quantitative estimate of drug-likeness (QED) is 0.356. The summed E-state index contributed by atoms with van der Waals surface area (Å²) in [6.07, 6.45) is 17.9. The Hall–Kier alpha value is -0.563. The van der Waals surface area contributed by atoms with Gasteiger partial charge in [-0.2, -0.15) is 0 Å². The van der Waals surface area contributed by atoms with Crippen LogP contribution in [0.5, 0.6) is 0 Å². The SMILES string of the molecule is CCCCCC1CCC(C2CCC(c3ccc([SiH](C)C)cc3)CC2)CC1. The average molecular weight is 371 g/mol. The number of hydrogen-bond acceptors (Lipinski definition) is 0. The zero-order valence-electron chi connectivity index (χ0n) is 17.7. The Balaban J connectivity index is 1.41. The standard InChI is InChI=1S/C25H42Si/c1-4-5-6-7-20-8-10-21(11-9-20)22-12-14-23(15-13-22)24-16-18-25(19-17-24)26(2)3/h16-23,26H,4-15H2,1-3H3. The lowest BCUT2D eigenvalue weighted by molar-refractivity contribution is 0.155. The maximum Gasteiger partial charge on any atom is 0.0647 e. The van der Waals surface area contributed by atoms with Gasteiger partial charge >= 0.3 is 0 Å². The fraction of sp³-hybridized carbons (Fsp3) is 0.760. The molecule has 2 aliphatic carbocycles. The van der Waals surface area contributed by atoms with Crippen molar-refractivity contribution in [1.29, 1.82) is 0 Å². The zero-order chi connectivity index (χ0) is 18.4. The Bertz CT molecular complexity index is 501. The largest absolute Gasteiger partial charge is 0.0682 e. The molecule has 0 amide bonds. The second-order valence-electron chi connectivity index (χ2n) is 9.71. The number of hydrogen-bond donors (Lipinski definition) is 0. The van der Waals surface area contributed by atoms with Crippen molar-refractivity contribution in [3.63, 3.8) is 0 Å². The fourth-order valence-corrected chi connectivity index (χ4v) is 6.67. The van der Waals surface area contributed by atoms with E-state index < -0.39 is 8.80 Å². The van der Waals surface area contributed by atoms with Crippen LogP contribution >= 0.6 is 0 Å². The average Bonchev–Trinajstić information content (AvgIpc) is 2.69. The highest BCUT2D eigenvalue weighted by molar-refractivity contribution is 6.70. The minimum absolute atomic E-state index is 0.637. The molecule has 2 aliphatic rings. The molecular formula is C25H42Si. The Morgan fingerprint density at radius 1 is 0.769 bits per heavy atom. The van der Waals surface area contributed by atoms with E-state index >= 15 is 0 Å². The van der Waals surface area contributed by atoms with Gasteiger partial charge in [0.1, 0.15) is 0 Å². The second kappa shape index (κ2) is 10.1. The summed E-state index contributed by atoms with van der Waals surface area (Å²) in [4.78, 5) is 0. The van der Waals surface area contributed by atoms with Crippen LogP contribution < -0.4 is 5.19 Å². The van der Waals surface area contributed by atoms with Gasteiger partial charge in [-0.15, -0.1) is 0 Å². The van der Waals surface area contributed by atoms with Crippen LogP contribution in [0.25, 0.3) is 0 Å². The van der Waals surface area contributed by atoms with Gasteiger partial charge < -0.3 is 0 Å². The van der Waals surface area contributed by atoms with E-state index in [0.29, 0.717) is 0 Å². The fourth-order valence-electron chi connectivity index (χ4n) is 5.71. The topological polar surface area (TPSA) is 0 Å². The highest BCUT2D eigenvalue weighted by Crippen LogP contribution is 2.44. The van der Waals surface area contributed by atoms with Crippen molar-refractivity contribution in [1.82, 2.24) is 0 Å². The maximum atomic E-state index is 2.45. The molecule has 26 heavy (non-hydrogen) atoms. The van der Waals surface area contributed by atoms with Crippen LogP contribution in [0.1, 0.15) is 95.5 Å². The lowest BCUT2D eigenvalue weighted by Crippen LogP contribution is -2.26. The maximum absolute atomic E-state index is 2.45. The molecule has 0 bridgehead atoms. The van der Waals surface area contributed by atoms with E-state index in [0.717, 1.165) is 23.7 Å². The highest BCUT2D eigenvalue weighted by Gasteiger charge is 2.31. The number of benzene rings is 1. The van der Waals surface area contributed by atoms with E-state index in [4.69, 9.17) is 0 Å². The Labute approximate surface area is 164 Å². The molecule has 0 N–H and O–H groups in total. The molecule has 1 aromatic carbocycles. The first-order valence-electron chi connectivity index (χ1n) is 11.8. The molecule has 0 heterocycles. The summed E-state index contributed by atoms with van der Waals surface area (Å²) < 4.78 is 0. The van der Waals surface area contributed by atoms with Gasteiger partial charge in [0.25, 0.3) is 0 Å². The monoisotopic (exact) mass is 370 g/mol. The van der Waals surface area contributed by atoms with E-state index in [-0.39, 0.29) is 0 Å². The molecule has 0 nitrogen and oxygen atoms in total. The van der Waals surface area contributed by atoms with Gasteiger partial charge in [-0.05, 0) is 67.8 Å². The third-order valence-electron chi connectivity index (χ3n) is 7.62. The van der Waals surface area contributed by atoms with Gasteiger partial charge in [0.2, 0.25) is 0 Å². The minimum Gasteiger partial charge on any atom is -0.0682 e. The summed E-state index contributed by atoms with van der Waals surface area (Å²) in [7, 11) is -0.637. The molecule has 2 fully saturated rings. The molecule has 146 valence electrons. The Morgan fingerprint density at radius 3 is 1.88 bits per heavy atom. The summed E-state index contributed by atoms with van der Waals surface area (Å²) in [6.45, 7) is 7.19. The predicted molar refractivity (Wildman–Crippen MR) is 119 cm³/mol. The van der Waals surface area contributed by atoms with E-state index in [1.165, 1.54) is 64.2 Å². The van der Waals surface area contributed by atoms with Gasteiger partial charge in [-0.3, -0.25) is 0 Å². The Morgan fingerprint density at radius 2 is 1.35 bits per heavy atom. The summed E-state index contributed by atoms with van der Waals surface area (Å²) in [6, 6.07) is 9.76. The van der Waals surface area contributed by atoms with Gasteiger partial charge in [0, 0.05) is 0 Å². The first-order valence-corrected chi connectivity index (χ1v) is 14.7. The molecule has 0 spiro atoms. The van der Waals surface area contributed by atoms with Crippen LogP contribution in [-0.2, 0) is 0 Å². The van der Waals surface area contributed by atoms with Gasteiger partial charge in [0.05, 0.1) is 8.80 Å². The molecule has 3 rings (SSSR count). The van der Waals surface area contributed by atoms with Crippen molar-refractivity contribution in [3.8, 4) is 0 Å². The molecule has 1 aromatic rings. The molecule has 0 aromatic heterocycles. The van der Waals surface area contributed by atoms with Crippen molar-refractivity contribution in [2.75, 3.05) is 0 Å². The van der Waals surface area contributed by atoms with Crippen molar-refractivity contribution < 1.29 is 0 Å². The van der Waals surface area contributed by atoms with Crippen LogP contribution in [0.4, 0.5) is 0 Å². The van der Waals surface area contributed by atoms with Crippen LogP contribution in [0.2, 0.25) is 13.1 Å². The van der Waals surface area contributed by atoms with Crippen molar-refractivity contribution in [3.05, 3.63) is 29.8 Å². The third kappa shape index (κ3) is 5.47. The zero-order valence-corrected chi connectivity index (χ0v) is 18.8. The van der Waals surface area contributed by atoms with Crippen molar-refractivity contribution in [2.45, 2.75) is 103 Å². The molecule has 1 heteroatoms. The summed E-state index contributed by atoms with van der Waals surface area (Å²) in [5.41, 5.74) is 1.63. The van der Waals surface area contributed by atoms with E-state index in [9.17, 15) is 0 Å². The highest BCUT2D eigenvalue weighted by atomic mass is 28.3.